The number of carbonyl (C=O) groups is 1. The van der Waals surface area contributed by atoms with E-state index >= 15 is 0 Å². The van der Waals surface area contributed by atoms with Crippen LogP contribution in [0.4, 0.5) is 0 Å². The molecule has 0 rings (SSSR count). The fourth-order valence-electron chi connectivity index (χ4n) is 0.865. The first-order valence-electron chi connectivity index (χ1n) is 4.28. The Hall–Kier alpha value is -0.220. The quantitative estimate of drug-likeness (QED) is 0.378. The minimum Gasteiger partial charge on any atom is -0.466 e. The first-order valence-corrected chi connectivity index (χ1v) is 5.33. The molecule has 0 fully saturated rings. The van der Waals surface area contributed by atoms with Gasteiger partial charge in [0.25, 0.3) is 0 Å². The molecule has 0 radical (unpaired) electrons. The summed E-state index contributed by atoms with van der Waals surface area (Å²) in [6.07, 6.45) is 3.60. The van der Waals surface area contributed by atoms with Gasteiger partial charge in [-0.2, -0.15) is 0 Å². The molecule has 0 aliphatic rings. The third-order valence-corrected chi connectivity index (χ3v) is 1.97. The van der Waals surface area contributed by atoms with Crippen LogP contribution in [0.5, 0.6) is 0 Å². The van der Waals surface area contributed by atoms with Crippen molar-refractivity contribution in [3.63, 3.8) is 0 Å². The lowest BCUT2D eigenvalue weighted by molar-refractivity contribution is -0.143. The maximum atomic E-state index is 10.8. The minimum atomic E-state index is -0.0853. The van der Waals surface area contributed by atoms with E-state index in [1.54, 1.807) is 0 Å². The predicted octanol–water partition coefficient (Wildman–Crippen LogP) is 1.72. The molecule has 3 nitrogen and oxygen atoms in total. The predicted molar refractivity (Wildman–Crippen MR) is 51.7 cm³/mol. The second-order valence-electron chi connectivity index (χ2n) is 2.49. The Balaban J connectivity index is 3.03. The zero-order chi connectivity index (χ0) is 9.23. The van der Waals surface area contributed by atoms with Crippen LogP contribution in [0.1, 0.15) is 32.6 Å². The zero-order valence-corrected chi connectivity index (χ0v) is 8.36. The van der Waals surface area contributed by atoms with Gasteiger partial charge in [0.1, 0.15) is 0 Å². The Bertz CT molecular complexity index is 120. The molecule has 0 bridgehead atoms. The molecule has 0 atom stereocenters. The smallest absolute Gasteiger partial charge is 0.305 e. The van der Waals surface area contributed by atoms with Crippen molar-refractivity contribution in [2.45, 2.75) is 32.6 Å². The van der Waals surface area contributed by atoms with E-state index in [0.717, 1.165) is 25.0 Å². The van der Waals surface area contributed by atoms with Gasteiger partial charge in [0, 0.05) is 12.2 Å². The number of hydrogen-bond donors (Lipinski definition) is 1. The van der Waals surface area contributed by atoms with E-state index < -0.39 is 0 Å². The Morgan fingerprint density at radius 2 is 2.17 bits per heavy atom. The van der Waals surface area contributed by atoms with Gasteiger partial charge in [0.15, 0.2) is 0 Å². The normalized spacial score (nSPS) is 9.83. The molecule has 2 N–H and O–H groups in total. The highest BCUT2D eigenvalue weighted by Crippen LogP contribution is 2.03. The lowest BCUT2D eigenvalue weighted by atomic mass is 10.2. The monoisotopic (exact) mass is 191 g/mol. The van der Waals surface area contributed by atoms with Crippen LogP contribution in [0.3, 0.4) is 0 Å². The number of unbranched alkanes of at least 4 members (excludes halogenated alkanes) is 2. The van der Waals surface area contributed by atoms with E-state index in [1.165, 1.54) is 11.9 Å². The highest BCUT2D eigenvalue weighted by molar-refractivity contribution is 7.97. The molecule has 0 aliphatic carbocycles. The fraction of sp³-hybridized carbons (Fsp3) is 0.875. The topological polar surface area (TPSA) is 52.3 Å². The summed E-state index contributed by atoms with van der Waals surface area (Å²) in [5.41, 5.74) is 0. The van der Waals surface area contributed by atoms with Gasteiger partial charge in [0.2, 0.25) is 0 Å². The second-order valence-corrected chi connectivity index (χ2v) is 3.23. The summed E-state index contributed by atoms with van der Waals surface area (Å²) in [5.74, 6) is 0.890. The molecule has 0 heterocycles. The first-order chi connectivity index (χ1) is 5.81. The molecule has 72 valence electrons. The van der Waals surface area contributed by atoms with Crippen molar-refractivity contribution in [3.05, 3.63) is 0 Å². The second kappa shape index (κ2) is 8.87. The van der Waals surface area contributed by atoms with Gasteiger partial charge in [-0.25, -0.2) is 0 Å². The van der Waals surface area contributed by atoms with Crippen LogP contribution in [-0.4, -0.2) is 18.3 Å². The summed E-state index contributed by atoms with van der Waals surface area (Å²) in [4.78, 5) is 10.8. The van der Waals surface area contributed by atoms with Crippen molar-refractivity contribution in [3.8, 4) is 0 Å². The molecular weight excluding hydrogens is 174 g/mol. The van der Waals surface area contributed by atoms with E-state index in [4.69, 9.17) is 9.88 Å². The van der Waals surface area contributed by atoms with Gasteiger partial charge in [-0.1, -0.05) is 18.4 Å². The molecule has 0 aliphatic heterocycles. The third kappa shape index (κ3) is 7.88. The van der Waals surface area contributed by atoms with E-state index in [0.29, 0.717) is 13.0 Å². The SMILES string of the molecule is CCOC(=O)CCCCCSN. The summed E-state index contributed by atoms with van der Waals surface area (Å²) in [5, 5.41) is 5.24. The standard InChI is InChI=1S/C8H17NO2S/c1-2-11-8(10)6-4-3-5-7-12-9/h2-7,9H2,1H3. The zero-order valence-electron chi connectivity index (χ0n) is 7.54. The summed E-state index contributed by atoms with van der Waals surface area (Å²) < 4.78 is 4.78. The highest BCUT2D eigenvalue weighted by Gasteiger charge is 1.99. The molecule has 0 aromatic rings. The summed E-state index contributed by atoms with van der Waals surface area (Å²) in [6, 6.07) is 0. The molecule has 0 amide bonds. The number of hydrogen-bond acceptors (Lipinski definition) is 4. The van der Waals surface area contributed by atoms with E-state index in [9.17, 15) is 4.79 Å². The Labute approximate surface area is 78.2 Å². The summed E-state index contributed by atoms with van der Waals surface area (Å²) >= 11 is 1.35. The number of rotatable bonds is 7. The molecule has 0 unspecified atom stereocenters. The fourth-order valence-corrected chi connectivity index (χ4v) is 1.24. The highest BCUT2D eigenvalue weighted by atomic mass is 32.2. The van der Waals surface area contributed by atoms with Gasteiger partial charge in [0.05, 0.1) is 6.61 Å². The molecule has 0 saturated heterocycles. The van der Waals surface area contributed by atoms with Crippen molar-refractivity contribution >= 4 is 17.9 Å². The Kier molecular flexibility index (Phi) is 8.71. The lowest BCUT2D eigenvalue weighted by Crippen LogP contribution is -2.03. The van der Waals surface area contributed by atoms with Gasteiger partial charge in [-0.15, -0.1) is 0 Å². The molecule has 12 heavy (non-hydrogen) atoms. The van der Waals surface area contributed by atoms with Crippen molar-refractivity contribution in [1.82, 2.24) is 0 Å². The molecule has 0 aromatic carbocycles. The van der Waals surface area contributed by atoms with Crippen molar-refractivity contribution in [2.75, 3.05) is 12.4 Å². The summed E-state index contributed by atoms with van der Waals surface area (Å²) in [6.45, 7) is 2.31. The molecule has 0 spiro atoms. The van der Waals surface area contributed by atoms with Gasteiger partial charge in [-0.05, 0) is 19.8 Å². The van der Waals surface area contributed by atoms with E-state index in [1.807, 2.05) is 6.92 Å². The Morgan fingerprint density at radius 3 is 2.75 bits per heavy atom. The van der Waals surface area contributed by atoms with Crippen LogP contribution in [0.15, 0.2) is 0 Å². The third-order valence-electron chi connectivity index (χ3n) is 1.45. The maximum Gasteiger partial charge on any atom is 0.305 e. The van der Waals surface area contributed by atoms with E-state index in [2.05, 4.69) is 0 Å². The van der Waals surface area contributed by atoms with Crippen molar-refractivity contribution in [1.29, 1.82) is 0 Å². The first kappa shape index (κ1) is 11.8. The number of carbonyl (C=O) groups excluding carboxylic acids is 1. The molecule has 0 saturated carbocycles. The minimum absolute atomic E-state index is 0.0853. The molecular formula is C8H17NO2S. The average Bonchev–Trinajstić information content (AvgIpc) is 2.05. The molecule has 0 aromatic heterocycles. The van der Waals surface area contributed by atoms with Crippen molar-refractivity contribution < 1.29 is 9.53 Å². The van der Waals surface area contributed by atoms with Crippen molar-refractivity contribution in [2.24, 2.45) is 5.14 Å². The van der Waals surface area contributed by atoms with Crippen LogP contribution >= 0.6 is 11.9 Å². The Morgan fingerprint density at radius 1 is 1.42 bits per heavy atom. The van der Waals surface area contributed by atoms with E-state index in [-0.39, 0.29) is 5.97 Å². The van der Waals surface area contributed by atoms with Gasteiger partial charge in [-0.3, -0.25) is 9.93 Å². The molecule has 4 heteroatoms. The van der Waals surface area contributed by atoms with Crippen LogP contribution in [0.2, 0.25) is 0 Å². The van der Waals surface area contributed by atoms with Gasteiger partial charge >= 0.3 is 5.97 Å². The average molecular weight is 191 g/mol. The largest absolute Gasteiger partial charge is 0.466 e. The van der Waals surface area contributed by atoms with Crippen LogP contribution in [0, 0.1) is 0 Å². The lowest BCUT2D eigenvalue weighted by Gasteiger charge is -2.00. The number of ether oxygens (including phenoxy) is 1. The van der Waals surface area contributed by atoms with Crippen LogP contribution in [0.25, 0.3) is 0 Å². The van der Waals surface area contributed by atoms with Gasteiger partial charge < -0.3 is 4.74 Å². The van der Waals surface area contributed by atoms with Crippen LogP contribution in [-0.2, 0) is 9.53 Å². The number of nitrogens with two attached hydrogens (primary N) is 1. The van der Waals surface area contributed by atoms with Crippen LogP contribution < -0.4 is 5.14 Å². The summed E-state index contributed by atoms with van der Waals surface area (Å²) in [7, 11) is 0. The maximum absolute atomic E-state index is 10.8. The number of esters is 1.